The molecule has 16 heavy (non-hydrogen) atoms. The highest BCUT2D eigenvalue weighted by atomic mass is 35.5. The first-order valence-electron chi connectivity index (χ1n) is 4.99. The van der Waals surface area contributed by atoms with Crippen LogP contribution in [-0.2, 0) is 4.79 Å². The van der Waals surface area contributed by atoms with Crippen molar-refractivity contribution in [3.63, 3.8) is 0 Å². The van der Waals surface area contributed by atoms with Gasteiger partial charge in [-0.25, -0.2) is 4.98 Å². The first kappa shape index (κ1) is 11.1. The highest BCUT2D eigenvalue weighted by molar-refractivity contribution is 6.30. The maximum Gasteiger partial charge on any atom is 0.252 e. The van der Waals surface area contributed by atoms with Crippen molar-refractivity contribution >= 4 is 23.3 Å². The van der Waals surface area contributed by atoms with E-state index in [0.29, 0.717) is 10.8 Å². The van der Waals surface area contributed by atoms with E-state index < -0.39 is 0 Å². The van der Waals surface area contributed by atoms with Crippen LogP contribution in [0, 0.1) is 0 Å². The highest BCUT2D eigenvalue weighted by Crippen LogP contribution is 2.14. The lowest BCUT2D eigenvalue weighted by atomic mass is 10.0. The summed E-state index contributed by atoms with van der Waals surface area (Å²) in [6.07, 6.45) is 1.56. The molecule has 1 aromatic rings. The molecule has 1 saturated heterocycles. The van der Waals surface area contributed by atoms with E-state index in [-0.39, 0.29) is 5.91 Å². The van der Waals surface area contributed by atoms with Gasteiger partial charge in [0.1, 0.15) is 5.82 Å². The van der Waals surface area contributed by atoms with Gasteiger partial charge in [0.25, 0.3) is 5.91 Å². The Balaban J connectivity index is 2.07. The van der Waals surface area contributed by atoms with E-state index >= 15 is 0 Å². The van der Waals surface area contributed by atoms with E-state index in [1.807, 2.05) is 6.92 Å². The third kappa shape index (κ3) is 2.40. The van der Waals surface area contributed by atoms with Crippen molar-refractivity contribution in [2.75, 3.05) is 18.4 Å². The van der Waals surface area contributed by atoms with Gasteiger partial charge in [0, 0.05) is 29.9 Å². The summed E-state index contributed by atoms with van der Waals surface area (Å²) in [6, 6.07) is 3.29. The normalized spacial score (nSPS) is 14.2. The summed E-state index contributed by atoms with van der Waals surface area (Å²) < 4.78 is 0. The van der Waals surface area contributed by atoms with Gasteiger partial charge in [-0.1, -0.05) is 11.6 Å². The lowest BCUT2D eigenvalue weighted by Gasteiger charge is -2.21. The van der Waals surface area contributed by atoms with Gasteiger partial charge in [-0.05, 0) is 24.6 Å². The molecule has 2 rings (SSSR count). The second-order valence-corrected chi connectivity index (χ2v) is 4.08. The molecule has 0 radical (unpaired) electrons. The number of nitrogens with one attached hydrogen (secondary N) is 2. The first-order valence-corrected chi connectivity index (χ1v) is 5.37. The molecule has 1 aromatic heterocycles. The number of carbonyl (C=O) groups excluding carboxylic acids is 1. The van der Waals surface area contributed by atoms with Crippen LogP contribution in [0.2, 0.25) is 5.02 Å². The van der Waals surface area contributed by atoms with Gasteiger partial charge in [-0.15, -0.1) is 0 Å². The van der Waals surface area contributed by atoms with E-state index in [0.717, 1.165) is 24.2 Å². The Hall–Kier alpha value is -1.39. The first-order chi connectivity index (χ1) is 7.66. The van der Waals surface area contributed by atoms with E-state index in [2.05, 4.69) is 15.6 Å². The summed E-state index contributed by atoms with van der Waals surface area (Å²) in [4.78, 5) is 15.8. The zero-order valence-electron chi connectivity index (χ0n) is 8.88. The summed E-state index contributed by atoms with van der Waals surface area (Å²) in [5.41, 5.74) is 1.89. The van der Waals surface area contributed by atoms with Crippen molar-refractivity contribution in [1.29, 1.82) is 0 Å². The monoisotopic (exact) mass is 237 g/mol. The molecule has 0 aromatic carbocycles. The zero-order valence-corrected chi connectivity index (χ0v) is 9.64. The highest BCUT2D eigenvalue weighted by Gasteiger charge is 2.16. The van der Waals surface area contributed by atoms with Crippen molar-refractivity contribution in [3.8, 4) is 0 Å². The maximum atomic E-state index is 11.8. The van der Waals surface area contributed by atoms with Crippen LogP contribution in [0.1, 0.15) is 6.92 Å². The van der Waals surface area contributed by atoms with Crippen LogP contribution < -0.4 is 10.6 Å². The Morgan fingerprint density at radius 1 is 1.56 bits per heavy atom. The molecule has 1 aliphatic heterocycles. The standard InChI is InChI=1S/C11H12ClN3O/c1-7(8-5-13-6-8)11(16)15-10-4-9(12)2-3-14-10/h2-4,13H,5-6H2,1H3,(H,14,15,16). The molecule has 1 fully saturated rings. The van der Waals surface area contributed by atoms with Gasteiger partial charge < -0.3 is 10.6 Å². The fraction of sp³-hybridized carbons (Fsp3) is 0.273. The van der Waals surface area contributed by atoms with Gasteiger partial charge in [-0.3, -0.25) is 4.79 Å². The molecule has 0 unspecified atom stereocenters. The van der Waals surface area contributed by atoms with Crippen LogP contribution in [-0.4, -0.2) is 24.0 Å². The summed E-state index contributed by atoms with van der Waals surface area (Å²) >= 11 is 5.80. The van der Waals surface area contributed by atoms with Crippen molar-refractivity contribution in [2.45, 2.75) is 6.92 Å². The molecular weight excluding hydrogens is 226 g/mol. The van der Waals surface area contributed by atoms with Crippen LogP contribution in [0.25, 0.3) is 0 Å². The minimum absolute atomic E-state index is 0.119. The molecule has 1 amide bonds. The molecule has 5 heteroatoms. The number of hydrogen-bond donors (Lipinski definition) is 2. The number of halogens is 1. The number of aromatic nitrogens is 1. The minimum Gasteiger partial charge on any atom is -0.309 e. The quantitative estimate of drug-likeness (QED) is 0.769. The summed E-state index contributed by atoms with van der Waals surface area (Å²) in [6.45, 7) is 3.40. The summed E-state index contributed by atoms with van der Waals surface area (Å²) in [5.74, 6) is 0.357. The molecular formula is C11H12ClN3O. The predicted octanol–water partition coefficient (Wildman–Crippen LogP) is 1.59. The summed E-state index contributed by atoms with van der Waals surface area (Å²) in [7, 11) is 0. The van der Waals surface area contributed by atoms with Gasteiger partial charge in [0.15, 0.2) is 0 Å². The molecule has 2 N–H and O–H groups in total. The van der Waals surface area contributed by atoms with Crippen molar-refractivity contribution in [1.82, 2.24) is 10.3 Å². The second-order valence-electron chi connectivity index (χ2n) is 3.65. The molecule has 1 aliphatic rings. The van der Waals surface area contributed by atoms with Crippen LogP contribution in [0.4, 0.5) is 5.82 Å². The Morgan fingerprint density at radius 2 is 2.31 bits per heavy atom. The molecule has 84 valence electrons. The number of nitrogens with zero attached hydrogens (tertiary/aromatic N) is 1. The number of amides is 1. The van der Waals surface area contributed by atoms with E-state index in [1.165, 1.54) is 0 Å². The largest absolute Gasteiger partial charge is 0.309 e. The minimum atomic E-state index is -0.119. The lowest BCUT2D eigenvalue weighted by Crippen LogP contribution is -2.36. The van der Waals surface area contributed by atoms with Crippen LogP contribution in [0.3, 0.4) is 0 Å². The van der Waals surface area contributed by atoms with Gasteiger partial charge in [-0.2, -0.15) is 0 Å². The Bertz CT molecular complexity index is 450. The molecule has 0 atom stereocenters. The van der Waals surface area contributed by atoms with Gasteiger partial charge >= 0.3 is 0 Å². The Morgan fingerprint density at radius 3 is 2.88 bits per heavy atom. The molecule has 4 nitrogen and oxygen atoms in total. The van der Waals surface area contributed by atoms with E-state index in [9.17, 15) is 4.79 Å². The average Bonchev–Trinajstić information content (AvgIpc) is 2.14. The third-order valence-corrected chi connectivity index (χ3v) is 2.75. The number of pyridine rings is 1. The van der Waals surface area contributed by atoms with Crippen LogP contribution in [0.15, 0.2) is 29.5 Å². The van der Waals surface area contributed by atoms with Crippen LogP contribution in [0.5, 0.6) is 0 Å². The number of hydrogen-bond acceptors (Lipinski definition) is 3. The SMILES string of the molecule is CC(C(=O)Nc1cc(Cl)ccn1)=C1CNC1. The van der Waals surface area contributed by atoms with Crippen molar-refractivity contribution in [2.24, 2.45) is 0 Å². The summed E-state index contributed by atoms with van der Waals surface area (Å²) in [5, 5.41) is 6.36. The van der Waals surface area contributed by atoms with Crippen molar-refractivity contribution in [3.05, 3.63) is 34.5 Å². The molecule has 0 aliphatic carbocycles. The zero-order chi connectivity index (χ0) is 11.5. The number of anilines is 1. The third-order valence-electron chi connectivity index (χ3n) is 2.51. The molecule has 2 heterocycles. The van der Waals surface area contributed by atoms with E-state index in [1.54, 1.807) is 18.3 Å². The molecule has 0 bridgehead atoms. The van der Waals surface area contributed by atoms with Crippen molar-refractivity contribution < 1.29 is 4.79 Å². The molecule has 0 spiro atoms. The fourth-order valence-electron chi connectivity index (χ4n) is 1.36. The fourth-order valence-corrected chi connectivity index (χ4v) is 1.52. The Labute approximate surface area is 98.7 Å². The maximum absolute atomic E-state index is 11.8. The topological polar surface area (TPSA) is 54.0 Å². The van der Waals surface area contributed by atoms with Gasteiger partial charge in [0.2, 0.25) is 0 Å². The smallest absolute Gasteiger partial charge is 0.252 e. The van der Waals surface area contributed by atoms with E-state index in [4.69, 9.17) is 11.6 Å². The lowest BCUT2D eigenvalue weighted by molar-refractivity contribution is -0.112. The van der Waals surface area contributed by atoms with Crippen LogP contribution >= 0.6 is 11.6 Å². The Kier molecular flexibility index (Phi) is 3.22. The average molecular weight is 238 g/mol. The second kappa shape index (κ2) is 4.63. The van der Waals surface area contributed by atoms with Gasteiger partial charge in [0.05, 0.1) is 0 Å². The molecule has 0 saturated carbocycles. The number of rotatable bonds is 2. The number of carbonyl (C=O) groups is 1. The predicted molar refractivity (Wildman–Crippen MR) is 63.4 cm³/mol.